The van der Waals surface area contributed by atoms with Crippen molar-refractivity contribution in [1.82, 2.24) is 4.98 Å². The van der Waals surface area contributed by atoms with Gasteiger partial charge in [-0.05, 0) is 18.2 Å². The highest BCUT2D eigenvalue weighted by Crippen LogP contribution is 2.40. The molecule has 0 atom stereocenters. The lowest BCUT2D eigenvalue weighted by Crippen LogP contribution is -2.09. The van der Waals surface area contributed by atoms with Gasteiger partial charge in [-0.2, -0.15) is 13.2 Å². The minimum Gasteiger partial charge on any atom is -0.464 e. The normalized spacial score (nSPS) is 11.2. The van der Waals surface area contributed by atoms with Gasteiger partial charge in [0.25, 0.3) is 0 Å². The molecule has 0 unspecified atom stereocenters. The maximum atomic E-state index is 13.0. The summed E-state index contributed by atoms with van der Waals surface area (Å²) in [6.45, 7) is 3.37. The van der Waals surface area contributed by atoms with Crippen LogP contribution in [-0.4, -0.2) is 18.1 Å². The summed E-state index contributed by atoms with van der Waals surface area (Å²) in [7, 11) is 1.16. The molecular formula is C16H10Cl2F3NO2. The van der Waals surface area contributed by atoms with E-state index in [0.29, 0.717) is 0 Å². The van der Waals surface area contributed by atoms with Gasteiger partial charge in [-0.25, -0.2) is 9.78 Å². The van der Waals surface area contributed by atoms with Crippen LogP contribution in [0.25, 0.3) is 17.3 Å². The summed E-state index contributed by atoms with van der Waals surface area (Å²) in [5.41, 5.74) is -0.942. The molecule has 0 aliphatic heterocycles. The number of hydrogen-bond acceptors (Lipinski definition) is 3. The molecular weight excluding hydrogens is 366 g/mol. The molecule has 0 N–H and O–H groups in total. The zero-order chi connectivity index (χ0) is 18.1. The van der Waals surface area contributed by atoms with Crippen molar-refractivity contribution in [1.29, 1.82) is 0 Å². The molecule has 0 aliphatic carbocycles. The summed E-state index contributed by atoms with van der Waals surface area (Å²) >= 11 is 12.0. The third kappa shape index (κ3) is 3.39. The third-order valence-corrected chi connectivity index (χ3v) is 3.90. The fourth-order valence-corrected chi connectivity index (χ4v) is 2.59. The average molecular weight is 376 g/mol. The topological polar surface area (TPSA) is 39.2 Å². The molecule has 126 valence electrons. The Balaban J connectivity index is 2.66. The van der Waals surface area contributed by atoms with Crippen LogP contribution in [0.2, 0.25) is 10.0 Å². The minimum atomic E-state index is -4.57. The quantitative estimate of drug-likeness (QED) is 0.664. The van der Waals surface area contributed by atoms with Crippen molar-refractivity contribution < 1.29 is 22.7 Å². The summed E-state index contributed by atoms with van der Waals surface area (Å²) in [6.07, 6.45) is -3.55. The Bertz CT molecular complexity index is 820. The largest absolute Gasteiger partial charge is 0.464 e. The lowest BCUT2D eigenvalue weighted by molar-refractivity contribution is -0.137. The standard InChI is InChI=1S/C16H10Cl2F3NO2/c1-3-8-10(16(19,20)21)5-4-9(13(8)18)12-7-6-11(17)14(22-12)15(23)24-2/h3-7H,1H2,2H3. The van der Waals surface area contributed by atoms with Crippen LogP contribution in [0.5, 0.6) is 0 Å². The molecule has 1 aromatic heterocycles. The van der Waals surface area contributed by atoms with E-state index >= 15 is 0 Å². The predicted octanol–water partition coefficient (Wildman–Crippen LogP) is 5.50. The van der Waals surface area contributed by atoms with Crippen molar-refractivity contribution in [2.75, 3.05) is 7.11 Å². The molecule has 0 fully saturated rings. The number of ether oxygens (including phenoxy) is 1. The zero-order valence-electron chi connectivity index (χ0n) is 12.2. The van der Waals surface area contributed by atoms with E-state index in [1.807, 2.05) is 0 Å². The van der Waals surface area contributed by atoms with Crippen LogP contribution in [0.1, 0.15) is 21.6 Å². The zero-order valence-corrected chi connectivity index (χ0v) is 13.8. The highest BCUT2D eigenvalue weighted by Gasteiger charge is 2.34. The molecule has 2 rings (SSSR count). The fraction of sp³-hybridized carbons (Fsp3) is 0.125. The van der Waals surface area contributed by atoms with E-state index in [4.69, 9.17) is 23.2 Å². The van der Waals surface area contributed by atoms with Gasteiger partial charge in [0.15, 0.2) is 5.69 Å². The van der Waals surface area contributed by atoms with Gasteiger partial charge in [-0.3, -0.25) is 0 Å². The molecule has 1 heterocycles. The van der Waals surface area contributed by atoms with Crippen molar-refractivity contribution in [3.8, 4) is 11.3 Å². The molecule has 0 bridgehead atoms. The van der Waals surface area contributed by atoms with Crippen LogP contribution in [0, 0.1) is 0 Å². The number of halogens is 5. The summed E-state index contributed by atoms with van der Waals surface area (Å²) in [5.74, 6) is -0.770. The van der Waals surface area contributed by atoms with E-state index in [0.717, 1.165) is 19.3 Å². The van der Waals surface area contributed by atoms with Gasteiger partial charge in [0.1, 0.15) is 0 Å². The monoisotopic (exact) mass is 375 g/mol. The van der Waals surface area contributed by atoms with E-state index in [1.54, 1.807) is 0 Å². The van der Waals surface area contributed by atoms with Gasteiger partial charge in [0.05, 0.1) is 28.4 Å². The average Bonchev–Trinajstić information content (AvgIpc) is 2.53. The van der Waals surface area contributed by atoms with Gasteiger partial charge < -0.3 is 4.74 Å². The van der Waals surface area contributed by atoms with Gasteiger partial charge in [-0.1, -0.05) is 41.9 Å². The van der Waals surface area contributed by atoms with Crippen molar-refractivity contribution in [2.24, 2.45) is 0 Å². The molecule has 0 spiro atoms. The van der Waals surface area contributed by atoms with Crippen LogP contribution in [0.15, 0.2) is 30.8 Å². The second kappa shape index (κ2) is 6.83. The Labute approximate surface area is 145 Å². The number of alkyl halides is 3. The minimum absolute atomic E-state index is 0.0533. The molecule has 0 aliphatic rings. The molecule has 0 saturated heterocycles. The van der Waals surface area contributed by atoms with E-state index in [9.17, 15) is 18.0 Å². The van der Waals surface area contributed by atoms with Crippen LogP contribution >= 0.6 is 23.2 Å². The van der Waals surface area contributed by atoms with Crippen LogP contribution in [-0.2, 0) is 10.9 Å². The van der Waals surface area contributed by atoms with Gasteiger partial charge in [-0.15, -0.1) is 0 Å². The van der Waals surface area contributed by atoms with E-state index in [1.165, 1.54) is 18.2 Å². The Kier molecular flexibility index (Phi) is 5.20. The number of aromatic nitrogens is 1. The summed E-state index contributed by atoms with van der Waals surface area (Å²) < 4.78 is 43.6. The summed E-state index contributed by atoms with van der Waals surface area (Å²) in [4.78, 5) is 15.7. The number of hydrogen-bond donors (Lipinski definition) is 0. The SMILES string of the molecule is C=Cc1c(C(F)(F)F)ccc(-c2ccc(Cl)c(C(=O)OC)n2)c1Cl. The number of esters is 1. The molecule has 2 aromatic rings. The number of nitrogens with zero attached hydrogens (tertiary/aromatic N) is 1. The third-order valence-electron chi connectivity index (χ3n) is 3.19. The Morgan fingerprint density at radius 3 is 2.46 bits per heavy atom. The second-order valence-corrected chi connectivity index (χ2v) is 5.39. The number of pyridine rings is 1. The summed E-state index contributed by atoms with van der Waals surface area (Å²) in [6, 6.07) is 4.88. The highest BCUT2D eigenvalue weighted by molar-refractivity contribution is 6.35. The highest BCUT2D eigenvalue weighted by atomic mass is 35.5. The lowest BCUT2D eigenvalue weighted by atomic mass is 10.0. The van der Waals surface area contributed by atoms with E-state index < -0.39 is 17.7 Å². The molecule has 3 nitrogen and oxygen atoms in total. The first-order chi connectivity index (χ1) is 11.2. The smallest absolute Gasteiger partial charge is 0.417 e. The van der Waals surface area contributed by atoms with Gasteiger partial charge in [0, 0.05) is 11.1 Å². The maximum Gasteiger partial charge on any atom is 0.417 e. The molecule has 8 heteroatoms. The van der Waals surface area contributed by atoms with Crippen LogP contribution in [0.4, 0.5) is 13.2 Å². The van der Waals surface area contributed by atoms with Crippen molar-refractivity contribution >= 4 is 35.2 Å². The van der Waals surface area contributed by atoms with Gasteiger partial charge in [0.2, 0.25) is 0 Å². The first kappa shape index (κ1) is 18.3. The number of methoxy groups -OCH3 is 1. The number of carbonyl (C=O) groups excluding carboxylic acids is 1. The van der Waals surface area contributed by atoms with Crippen molar-refractivity contribution in [2.45, 2.75) is 6.18 Å². The van der Waals surface area contributed by atoms with E-state index in [2.05, 4.69) is 16.3 Å². The Hall–Kier alpha value is -2.05. The molecule has 0 radical (unpaired) electrons. The van der Waals surface area contributed by atoms with Crippen molar-refractivity contribution in [3.63, 3.8) is 0 Å². The molecule has 0 amide bonds. The summed E-state index contributed by atoms with van der Waals surface area (Å²) in [5, 5.41) is -0.122. The first-order valence-corrected chi connectivity index (χ1v) is 7.23. The van der Waals surface area contributed by atoms with E-state index in [-0.39, 0.29) is 32.6 Å². The molecule has 24 heavy (non-hydrogen) atoms. The van der Waals surface area contributed by atoms with Crippen LogP contribution < -0.4 is 0 Å². The van der Waals surface area contributed by atoms with Crippen LogP contribution in [0.3, 0.4) is 0 Å². The second-order valence-electron chi connectivity index (χ2n) is 4.61. The number of rotatable bonds is 3. The maximum absolute atomic E-state index is 13.0. The molecule has 0 saturated carbocycles. The fourth-order valence-electron chi connectivity index (χ4n) is 2.07. The predicted molar refractivity (Wildman–Crippen MR) is 86.1 cm³/mol. The Morgan fingerprint density at radius 1 is 1.25 bits per heavy atom. The number of benzene rings is 1. The van der Waals surface area contributed by atoms with Crippen molar-refractivity contribution in [3.05, 3.63) is 57.7 Å². The Morgan fingerprint density at radius 2 is 1.92 bits per heavy atom. The molecule has 1 aromatic carbocycles. The van der Waals surface area contributed by atoms with Gasteiger partial charge >= 0.3 is 12.1 Å². The number of carbonyl (C=O) groups is 1. The lowest BCUT2D eigenvalue weighted by Gasteiger charge is -2.15. The first-order valence-electron chi connectivity index (χ1n) is 6.48.